The molecule has 0 saturated carbocycles. The van der Waals surface area contributed by atoms with E-state index in [4.69, 9.17) is 18.9 Å². The normalized spacial score (nSPS) is 34.7. The van der Waals surface area contributed by atoms with Gasteiger partial charge in [-0.1, -0.05) is 30.3 Å². The first-order valence-corrected chi connectivity index (χ1v) is 8.38. The van der Waals surface area contributed by atoms with Crippen molar-refractivity contribution in [2.24, 2.45) is 0 Å². The van der Waals surface area contributed by atoms with Crippen molar-refractivity contribution >= 4 is 11.9 Å². The molecular weight excluding hydrogens is 326 g/mol. The maximum absolute atomic E-state index is 11.6. The van der Waals surface area contributed by atoms with E-state index < -0.39 is 36.5 Å². The van der Waals surface area contributed by atoms with E-state index in [-0.39, 0.29) is 12.1 Å². The predicted octanol–water partition coefficient (Wildman–Crippen LogP) is 1.32. The number of rotatable bonds is 3. The Morgan fingerprint density at radius 2 is 1.72 bits per heavy atom. The summed E-state index contributed by atoms with van der Waals surface area (Å²) in [6, 6.07) is 9.18. The summed E-state index contributed by atoms with van der Waals surface area (Å²) in [5, 5.41) is 3.33. The number of benzene rings is 1. The second-order valence-electron chi connectivity index (χ2n) is 6.39. The summed E-state index contributed by atoms with van der Waals surface area (Å²) in [6.07, 6.45) is -2.37. The lowest BCUT2D eigenvalue weighted by Crippen LogP contribution is -2.69. The summed E-state index contributed by atoms with van der Waals surface area (Å²) in [5.41, 5.74) is 0.880. The van der Waals surface area contributed by atoms with Crippen LogP contribution in [-0.4, -0.2) is 48.9 Å². The Kier molecular flexibility index (Phi) is 5.36. The van der Waals surface area contributed by atoms with Gasteiger partial charge in [-0.25, -0.2) is 0 Å². The molecule has 25 heavy (non-hydrogen) atoms. The Labute approximate surface area is 146 Å². The molecule has 0 bridgehead atoms. The van der Waals surface area contributed by atoms with Crippen LogP contribution in [0, 0.1) is 0 Å². The monoisotopic (exact) mass is 349 g/mol. The second-order valence-corrected chi connectivity index (χ2v) is 6.39. The second kappa shape index (κ2) is 7.51. The first kappa shape index (κ1) is 17.8. The van der Waals surface area contributed by atoms with Gasteiger partial charge in [-0.05, 0) is 6.92 Å². The molecule has 0 aromatic heterocycles. The molecule has 2 saturated heterocycles. The molecule has 6 atom stereocenters. The third-order valence-corrected chi connectivity index (χ3v) is 4.40. The Balaban J connectivity index is 1.84. The van der Waals surface area contributed by atoms with E-state index in [1.165, 1.54) is 13.8 Å². The van der Waals surface area contributed by atoms with E-state index in [1.54, 1.807) is 0 Å². The van der Waals surface area contributed by atoms with Gasteiger partial charge in [0.1, 0.15) is 6.10 Å². The van der Waals surface area contributed by atoms with Crippen LogP contribution < -0.4 is 5.32 Å². The molecule has 1 aromatic rings. The van der Waals surface area contributed by atoms with Crippen molar-refractivity contribution in [1.29, 1.82) is 0 Å². The van der Waals surface area contributed by atoms with Crippen LogP contribution in [0.3, 0.4) is 0 Å². The minimum absolute atomic E-state index is 0.161. The quantitative estimate of drug-likeness (QED) is 0.824. The van der Waals surface area contributed by atoms with Crippen molar-refractivity contribution in [2.75, 3.05) is 6.61 Å². The molecule has 136 valence electrons. The van der Waals surface area contributed by atoms with Crippen molar-refractivity contribution in [3.63, 3.8) is 0 Å². The Bertz CT molecular complexity index is 621. The lowest BCUT2D eigenvalue weighted by atomic mass is 9.90. The van der Waals surface area contributed by atoms with Gasteiger partial charge in [0.2, 0.25) is 0 Å². The van der Waals surface area contributed by atoms with Gasteiger partial charge in [-0.3, -0.25) is 9.59 Å². The van der Waals surface area contributed by atoms with Crippen molar-refractivity contribution in [3.8, 4) is 0 Å². The summed E-state index contributed by atoms with van der Waals surface area (Å²) in [5.74, 6) is -0.873. The molecule has 2 aliphatic rings. The third-order valence-electron chi connectivity index (χ3n) is 4.40. The van der Waals surface area contributed by atoms with Crippen molar-refractivity contribution in [1.82, 2.24) is 5.32 Å². The summed E-state index contributed by atoms with van der Waals surface area (Å²) < 4.78 is 22.8. The van der Waals surface area contributed by atoms with Crippen molar-refractivity contribution < 1.29 is 28.5 Å². The molecule has 1 N–H and O–H groups in total. The fraction of sp³-hybridized carbons (Fsp3) is 0.556. The first-order chi connectivity index (χ1) is 12.0. The highest BCUT2D eigenvalue weighted by atomic mass is 16.7. The van der Waals surface area contributed by atoms with E-state index in [0.717, 1.165) is 5.56 Å². The van der Waals surface area contributed by atoms with Crippen molar-refractivity contribution in [3.05, 3.63) is 35.9 Å². The zero-order valence-electron chi connectivity index (χ0n) is 14.5. The number of fused-ring (bicyclic) bond motifs is 1. The maximum atomic E-state index is 11.6. The average molecular weight is 349 g/mol. The molecule has 7 heteroatoms. The van der Waals surface area contributed by atoms with Gasteiger partial charge >= 0.3 is 11.9 Å². The van der Waals surface area contributed by atoms with Gasteiger partial charge < -0.3 is 24.3 Å². The number of hydrogen-bond donors (Lipinski definition) is 1. The molecule has 0 unspecified atom stereocenters. The van der Waals surface area contributed by atoms with Gasteiger partial charge in [0.25, 0.3) is 0 Å². The molecule has 3 rings (SSSR count). The van der Waals surface area contributed by atoms with Crippen LogP contribution in [0.25, 0.3) is 0 Å². The van der Waals surface area contributed by atoms with Crippen LogP contribution in [0.5, 0.6) is 0 Å². The van der Waals surface area contributed by atoms with Crippen molar-refractivity contribution in [2.45, 2.75) is 57.5 Å². The van der Waals surface area contributed by atoms with Gasteiger partial charge in [0.05, 0.1) is 12.6 Å². The Morgan fingerprint density at radius 1 is 1.08 bits per heavy atom. The summed E-state index contributed by atoms with van der Waals surface area (Å²) >= 11 is 0. The van der Waals surface area contributed by atoms with Crippen LogP contribution in [0.15, 0.2) is 30.3 Å². The minimum Gasteiger partial charge on any atom is -0.457 e. The fourth-order valence-electron chi connectivity index (χ4n) is 3.39. The average Bonchev–Trinajstić information content (AvgIpc) is 2.58. The summed E-state index contributed by atoms with van der Waals surface area (Å²) in [6.45, 7) is 4.95. The maximum Gasteiger partial charge on any atom is 0.303 e. The SMILES string of the molecule is CC(=O)O[C@H]1[C@@H](OC(C)=O)[C@@H](C)N[C@@H]2CO[C@@H](c3ccccc3)O[C@@H]12. The van der Waals surface area contributed by atoms with E-state index in [0.29, 0.717) is 6.61 Å². The first-order valence-electron chi connectivity index (χ1n) is 8.38. The van der Waals surface area contributed by atoms with Crippen LogP contribution in [-0.2, 0) is 28.5 Å². The standard InChI is InChI=1S/C18H23NO6/c1-10-15(23-11(2)20)17(24-12(3)21)16-14(19-10)9-22-18(25-16)13-7-5-4-6-8-13/h4-8,10,14-19H,9H2,1-3H3/t10-,14-,15+,16-,17+,18-/m1/s1. The summed E-state index contributed by atoms with van der Waals surface area (Å²) in [7, 11) is 0. The number of ether oxygens (including phenoxy) is 4. The predicted molar refractivity (Wildman–Crippen MR) is 87.5 cm³/mol. The van der Waals surface area contributed by atoms with E-state index in [1.807, 2.05) is 37.3 Å². The van der Waals surface area contributed by atoms with Gasteiger partial charge in [-0.15, -0.1) is 0 Å². The van der Waals surface area contributed by atoms with Crippen LogP contribution >= 0.6 is 0 Å². The number of piperidine rings is 1. The van der Waals surface area contributed by atoms with Crippen LogP contribution in [0.1, 0.15) is 32.6 Å². The number of nitrogens with one attached hydrogen (secondary N) is 1. The lowest BCUT2D eigenvalue weighted by Gasteiger charge is -2.48. The Morgan fingerprint density at radius 3 is 2.36 bits per heavy atom. The van der Waals surface area contributed by atoms with E-state index in [9.17, 15) is 9.59 Å². The minimum atomic E-state index is -0.697. The van der Waals surface area contributed by atoms with Gasteiger partial charge in [0.15, 0.2) is 18.5 Å². The molecule has 2 fully saturated rings. The van der Waals surface area contributed by atoms with Crippen LogP contribution in [0.2, 0.25) is 0 Å². The molecular formula is C18H23NO6. The number of carbonyl (C=O) groups excluding carboxylic acids is 2. The van der Waals surface area contributed by atoms with E-state index >= 15 is 0 Å². The fourth-order valence-corrected chi connectivity index (χ4v) is 3.39. The topological polar surface area (TPSA) is 83.1 Å². The molecule has 0 spiro atoms. The molecule has 2 heterocycles. The zero-order chi connectivity index (χ0) is 18.0. The number of hydrogen-bond acceptors (Lipinski definition) is 7. The van der Waals surface area contributed by atoms with Gasteiger partial charge in [-0.2, -0.15) is 0 Å². The molecule has 2 aliphatic heterocycles. The lowest BCUT2D eigenvalue weighted by molar-refractivity contribution is -0.276. The largest absolute Gasteiger partial charge is 0.457 e. The number of carbonyl (C=O) groups is 2. The smallest absolute Gasteiger partial charge is 0.303 e. The zero-order valence-corrected chi connectivity index (χ0v) is 14.5. The molecule has 1 aromatic carbocycles. The highest BCUT2D eigenvalue weighted by molar-refractivity contribution is 5.67. The highest BCUT2D eigenvalue weighted by Crippen LogP contribution is 2.33. The van der Waals surface area contributed by atoms with Gasteiger partial charge in [0, 0.05) is 25.5 Å². The molecule has 0 amide bonds. The molecule has 0 aliphatic carbocycles. The summed E-state index contributed by atoms with van der Waals surface area (Å²) in [4.78, 5) is 23.1. The molecule has 0 radical (unpaired) electrons. The highest BCUT2D eigenvalue weighted by Gasteiger charge is 2.50. The molecule has 7 nitrogen and oxygen atoms in total. The van der Waals surface area contributed by atoms with E-state index in [2.05, 4.69) is 5.32 Å². The Hall–Kier alpha value is -1.96. The third kappa shape index (κ3) is 4.00. The number of esters is 2. The van der Waals surface area contributed by atoms with Crippen LogP contribution in [0.4, 0.5) is 0 Å².